The van der Waals surface area contributed by atoms with Crippen molar-refractivity contribution in [3.63, 3.8) is 0 Å². The van der Waals surface area contributed by atoms with Crippen molar-refractivity contribution < 1.29 is 23.1 Å². The average molecular weight is 514 g/mol. The number of benzene rings is 2. The summed E-state index contributed by atoms with van der Waals surface area (Å²) < 4.78 is 34.5. The highest BCUT2D eigenvalue weighted by molar-refractivity contribution is 7.89. The lowest BCUT2D eigenvalue weighted by Crippen LogP contribution is -2.42. The van der Waals surface area contributed by atoms with Crippen molar-refractivity contribution >= 4 is 15.9 Å². The highest BCUT2D eigenvalue weighted by Gasteiger charge is 2.33. The van der Waals surface area contributed by atoms with Crippen LogP contribution >= 0.6 is 0 Å². The number of carbonyl (C=O) groups is 1. The first kappa shape index (κ1) is 25.2. The molecule has 0 saturated carbocycles. The molecule has 2 fully saturated rings. The summed E-state index contributed by atoms with van der Waals surface area (Å²) in [5.74, 6) is 0.649. The predicted octanol–water partition coefficient (Wildman–Crippen LogP) is 2.60. The molecule has 0 aromatic heterocycles. The molecule has 3 aliphatic rings. The Hall–Kier alpha value is -2.46. The summed E-state index contributed by atoms with van der Waals surface area (Å²) in [6.07, 6.45) is 2.65. The molecule has 1 N–H and O–H groups in total. The molecule has 9 heteroatoms. The molecule has 0 bridgehead atoms. The van der Waals surface area contributed by atoms with E-state index in [2.05, 4.69) is 29.2 Å². The van der Waals surface area contributed by atoms with E-state index in [4.69, 9.17) is 9.84 Å². The van der Waals surface area contributed by atoms with E-state index in [1.807, 2.05) is 12.1 Å². The molecule has 3 heterocycles. The van der Waals surface area contributed by atoms with Gasteiger partial charge < -0.3 is 14.7 Å². The Morgan fingerprint density at radius 3 is 2.31 bits per heavy atom. The zero-order chi connectivity index (χ0) is 25.1. The van der Waals surface area contributed by atoms with Gasteiger partial charge in [-0.1, -0.05) is 30.3 Å². The summed E-state index contributed by atoms with van der Waals surface area (Å²) in [7, 11) is -3.61. The van der Waals surface area contributed by atoms with E-state index in [1.54, 1.807) is 11.0 Å². The molecular formula is C27H35N3O5S. The van der Waals surface area contributed by atoms with Gasteiger partial charge in [0.05, 0.1) is 13.2 Å². The van der Waals surface area contributed by atoms with E-state index in [-0.39, 0.29) is 29.7 Å². The van der Waals surface area contributed by atoms with Gasteiger partial charge in [0.1, 0.15) is 10.6 Å². The Morgan fingerprint density at radius 1 is 1.00 bits per heavy atom. The lowest BCUT2D eigenvalue weighted by Gasteiger charge is -2.32. The lowest BCUT2D eigenvalue weighted by molar-refractivity contribution is -0.133. The molecule has 194 valence electrons. The number of amides is 1. The summed E-state index contributed by atoms with van der Waals surface area (Å²) in [5, 5.41) is 9.00. The summed E-state index contributed by atoms with van der Waals surface area (Å²) in [4.78, 5) is 16.4. The van der Waals surface area contributed by atoms with E-state index < -0.39 is 10.0 Å². The van der Waals surface area contributed by atoms with Gasteiger partial charge in [0, 0.05) is 52.2 Å². The van der Waals surface area contributed by atoms with Crippen molar-refractivity contribution in [2.45, 2.75) is 50.2 Å². The monoisotopic (exact) mass is 513 g/mol. The van der Waals surface area contributed by atoms with Crippen molar-refractivity contribution in [1.82, 2.24) is 14.1 Å². The molecule has 5 rings (SSSR count). The highest BCUT2D eigenvalue weighted by atomic mass is 32.2. The van der Waals surface area contributed by atoms with E-state index in [9.17, 15) is 13.2 Å². The van der Waals surface area contributed by atoms with Gasteiger partial charge in [-0.05, 0) is 54.0 Å². The van der Waals surface area contributed by atoms with Crippen LogP contribution in [0.5, 0.6) is 5.75 Å². The molecule has 2 aromatic carbocycles. The van der Waals surface area contributed by atoms with Crippen molar-refractivity contribution in [2.24, 2.45) is 5.92 Å². The summed E-state index contributed by atoms with van der Waals surface area (Å²) in [5.41, 5.74) is 3.62. The van der Waals surface area contributed by atoms with Crippen molar-refractivity contribution in [3.05, 3.63) is 59.2 Å². The van der Waals surface area contributed by atoms with Crippen LogP contribution in [0.1, 0.15) is 42.4 Å². The molecule has 0 unspecified atom stereocenters. The van der Waals surface area contributed by atoms with E-state index in [1.165, 1.54) is 15.4 Å². The molecule has 3 aliphatic heterocycles. The molecule has 36 heavy (non-hydrogen) atoms. The zero-order valence-electron chi connectivity index (χ0n) is 20.6. The number of nitrogens with zero attached hydrogens (tertiary/aromatic N) is 3. The minimum absolute atomic E-state index is 0.0171. The average Bonchev–Trinajstić information content (AvgIpc) is 3.24. The molecule has 1 amide bonds. The number of piperidine rings is 1. The molecule has 0 radical (unpaired) electrons. The number of likely N-dealkylation sites (tertiary alicyclic amines) is 1. The van der Waals surface area contributed by atoms with Crippen LogP contribution in [0.4, 0.5) is 0 Å². The van der Waals surface area contributed by atoms with Gasteiger partial charge >= 0.3 is 0 Å². The first-order valence-electron chi connectivity index (χ1n) is 12.9. The number of carbonyl (C=O) groups excluding carboxylic acids is 1. The van der Waals surface area contributed by atoms with E-state index >= 15 is 0 Å². The fraction of sp³-hybridized carbons (Fsp3) is 0.519. The van der Waals surface area contributed by atoms with Gasteiger partial charge in [0.2, 0.25) is 15.9 Å². The molecular weight excluding hydrogens is 478 g/mol. The van der Waals surface area contributed by atoms with Gasteiger partial charge in [-0.15, -0.1) is 0 Å². The third-order valence-corrected chi connectivity index (χ3v) is 9.44. The largest absolute Gasteiger partial charge is 0.492 e. The van der Waals surface area contributed by atoms with Crippen molar-refractivity contribution in [3.8, 4) is 5.75 Å². The van der Waals surface area contributed by atoms with Gasteiger partial charge in [0.25, 0.3) is 0 Å². The number of rotatable bonds is 9. The van der Waals surface area contributed by atoms with Crippen LogP contribution in [0.25, 0.3) is 0 Å². The second kappa shape index (κ2) is 10.9. The number of fused-ring (bicyclic) bond motifs is 1. The van der Waals surface area contributed by atoms with Gasteiger partial charge in [-0.25, -0.2) is 8.42 Å². The van der Waals surface area contributed by atoms with Gasteiger partial charge in [-0.2, -0.15) is 4.31 Å². The van der Waals surface area contributed by atoms with Crippen molar-refractivity contribution in [2.75, 3.05) is 39.4 Å². The summed E-state index contributed by atoms with van der Waals surface area (Å²) in [6, 6.07) is 14.0. The van der Waals surface area contributed by atoms with E-state index in [0.717, 1.165) is 37.9 Å². The molecule has 2 saturated heterocycles. The Bertz CT molecular complexity index is 1160. The maximum absolute atomic E-state index is 13.4. The Labute approximate surface area is 213 Å². The Balaban J connectivity index is 1.27. The molecule has 0 atom stereocenters. The van der Waals surface area contributed by atoms with Gasteiger partial charge in [0.15, 0.2) is 0 Å². The summed E-state index contributed by atoms with van der Waals surface area (Å²) >= 11 is 0. The number of aliphatic hydroxyl groups excluding tert-OH is 1. The first-order chi connectivity index (χ1) is 17.4. The standard InChI is InChI=1S/C27H35N3O5S/c31-15-10-27(32)29-13-8-21(9-14-29)20-35-25-7-6-22(16-26(25)36(33,34)30-11-3-12-30)17-28-18-23-4-1-2-5-24(23)19-28/h1-2,4-7,16,21,31H,3,8-15,17-20H2. The minimum Gasteiger partial charge on any atom is -0.492 e. The number of aliphatic hydroxyl groups is 1. The molecule has 2 aromatic rings. The van der Waals surface area contributed by atoms with Crippen LogP contribution in [0.3, 0.4) is 0 Å². The zero-order valence-corrected chi connectivity index (χ0v) is 21.5. The number of hydrogen-bond acceptors (Lipinski definition) is 6. The second-order valence-electron chi connectivity index (χ2n) is 10.1. The predicted molar refractivity (Wildman–Crippen MR) is 136 cm³/mol. The smallest absolute Gasteiger partial charge is 0.246 e. The maximum Gasteiger partial charge on any atom is 0.246 e. The third-order valence-electron chi connectivity index (χ3n) is 7.52. The van der Waals surface area contributed by atoms with E-state index in [0.29, 0.717) is 45.1 Å². The van der Waals surface area contributed by atoms with Crippen molar-refractivity contribution in [1.29, 1.82) is 0 Å². The normalized spacial score (nSPS) is 19.2. The maximum atomic E-state index is 13.4. The van der Waals surface area contributed by atoms with Crippen LogP contribution in [0, 0.1) is 5.92 Å². The van der Waals surface area contributed by atoms with Crippen LogP contribution in [0.15, 0.2) is 47.4 Å². The minimum atomic E-state index is -3.61. The fourth-order valence-electron chi connectivity index (χ4n) is 5.22. The molecule has 8 nitrogen and oxygen atoms in total. The van der Waals surface area contributed by atoms with Crippen LogP contribution in [-0.2, 0) is 34.5 Å². The Morgan fingerprint density at radius 2 is 1.69 bits per heavy atom. The first-order valence-corrected chi connectivity index (χ1v) is 14.3. The van der Waals surface area contributed by atoms with Gasteiger partial charge in [-0.3, -0.25) is 9.69 Å². The quantitative estimate of drug-likeness (QED) is 0.554. The molecule has 0 spiro atoms. The fourth-order valence-corrected chi connectivity index (χ4v) is 6.92. The topological polar surface area (TPSA) is 90.4 Å². The Kier molecular flexibility index (Phi) is 7.62. The van der Waals surface area contributed by atoms with Crippen LogP contribution in [-0.4, -0.2) is 72.9 Å². The number of sulfonamides is 1. The van der Waals surface area contributed by atoms with Crippen LogP contribution in [0.2, 0.25) is 0 Å². The molecule has 0 aliphatic carbocycles. The second-order valence-corrected chi connectivity index (χ2v) is 12.0. The SMILES string of the molecule is O=C(CCO)N1CCC(COc2ccc(CN3Cc4ccccc4C3)cc2S(=O)(=O)N2CCC2)CC1. The number of hydrogen-bond donors (Lipinski definition) is 1. The summed E-state index contributed by atoms with van der Waals surface area (Å²) in [6.45, 7) is 5.08. The highest BCUT2D eigenvalue weighted by Crippen LogP contribution is 2.33. The van der Waals surface area contributed by atoms with Crippen LogP contribution < -0.4 is 4.74 Å². The lowest BCUT2D eigenvalue weighted by atomic mass is 9.97. The third kappa shape index (κ3) is 5.44. The number of ether oxygens (including phenoxy) is 1.